The van der Waals surface area contributed by atoms with Gasteiger partial charge in [0.2, 0.25) is 0 Å². The van der Waals surface area contributed by atoms with Crippen LogP contribution in [-0.4, -0.2) is 0 Å². The van der Waals surface area contributed by atoms with Gasteiger partial charge in [-0.1, -0.05) is 54.6 Å². The van der Waals surface area contributed by atoms with Crippen molar-refractivity contribution in [2.24, 2.45) is 0 Å². The van der Waals surface area contributed by atoms with Crippen LogP contribution in [0.5, 0.6) is 0 Å². The van der Waals surface area contributed by atoms with E-state index in [0.29, 0.717) is 6.42 Å². The van der Waals surface area contributed by atoms with Crippen LogP contribution in [0.25, 0.3) is 33.0 Å². The summed E-state index contributed by atoms with van der Waals surface area (Å²) in [5.41, 5.74) is 6.32. The minimum Gasteiger partial charge on any atom is -0.198 e. The van der Waals surface area contributed by atoms with Gasteiger partial charge < -0.3 is 0 Å². The Bertz CT molecular complexity index is 824. The number of nitrogens with zero attached hydrogens (tertiary/aromatic N) is 1. The molecule has 0 saturated carbocycles. The topological polar surface area (TPSA) is 23.8 Å². The van der Waals surface area contributed by atoms with Gasteiger partial charge in [0, 0.05) is 0 Å². The third-order valence-corrected chi connectivity index (χ3v) is 3.91. The highest BCUT2D eigenvalue weighted by Gasteiger charge is 2.21. The van der Waals surface area contributed by atoms with Crippen molar-refractivity contribution >= 4 is 10.8 Å². The third-order valence-electron chi connectivity index (χ3n) is 3.91. The van der Waals surface area contributed by atoms with Crippen molar-refractivity contribution in [3.63, 3.8) is 0 Å². The van der Waals surface area contributed by atoms with Crippen molar-refractivity contribution in [2.75, 3.05) is 0 Å². The molecule has 1 aliphatic carbocycles. The van der Waals surface area contributed by atoms with Crippen LogP contribution in [0.2, 0.25) is 0 Å². The number of fused-ring (bicyclic) bond motifs is 3. The molecule has 0 amide bonds. The first-order valence-corrected chi connectivity index (χ1v) is 6.41. The Kier molecular flexibility index (Phi) is 2.01. The smallest absolute Gasteiger partial charge is 0.0669 e. The van der Waals surface area contributed by atoms with Gasteiger partial charge in [0.25, 0.3) is 0 Å². The Morgan fingerprint density at radius 2 is 1.42 bits per heavy atom. The Labute approximate surface area is 111 Å². The van der Waals surface area contributed by atoms with Gasteiger partial charge in [-0.05, 0) is 38.6 Å². The molecule has 3 aromatic carbocycles. The minimum absolute atomic E-state index is 0.469. The van der Waals surface area contributed by atoms with Crippen molar-refractivity contribution in [2.45, 2.75) is 6.42 Å². The summed E-state index contributed by atoms with van der Waals surface area (Å²) >= 11 is 0. The molecular formula is C18H11N. The second-order valence-electron chi connectivity index (χ2n) is 4.88. The van der Waals surface area contributed by atoms with Crippen LogP contribution in [0.1, 0.15) is 5.56 Å². The number of benzene rings is 3. The molecular weight excluding hydrogens is 230 g/mol. The second kappa shape index (κ2) is 3.70. The lowest BCUT2D eigenvalue weighted by atomic mass is 9.97. The zero-order valence-corrected chi connectivity index (χ0v) is 10.4. The first-order chi connectivity index (χ1) is 9.40. The molecule has 0 aliphatic heterocycles. The van der Waals surface area contributed by atoms with Crippen LogP contribution in [0, 0.1) is 11.3 Å². The van der Waals surface area contributed by atoms with Gasteiger partial charge in [-0.15, -0.1) is 0 Å². The molecule has 3 aromatic rings. The van der Waals surface area contributed by atoms with Gasteiger partial charge >= 0.3 is 0 Å². The lowest BCUT2D eigenvalue weighted by Crippen LogP contribution is -1.85. The molecule has 0 bridgehead atoms. The molecule has 0 N–H and O–H groups in total. The summed E-state index contributed by atoms with van der Waals surface area (Å²) in [6.07, 6.45) is 0.469. The fraction of sp³-hybridized carbons (Fsp3) is 0.0556. The van der Waals surface area contributed by atoms with Crippen LogP contribution in [0.15, 0.2) is 54.6 Å². The summed E-state index contributed by atoms with van der Waals surface area (Å²) in [6.45, 7) is 0. The molecule has 1 heteroatoms. The molecule has 1 aliphatic rings. The molecule has 88 valence electrons. The molecule has 0 radical (unpaired) electrons. The number of nitriles is 1. The molecule has 0 heterocycles. The summed E-state index contributed by atoms with van der Waals surface area (Å²) in [5.74, 6) is 0. The van der Waals surface area contributed by atoms with E-state index in [0.717, 1.165) is 5.56 Å². The van der Waals surface area contributed by atoms with Crippen LogP contribution in [0.4, 0.5) is 0 Å². The van der Waals surface area contributed by atoms with Crippen molar-refractivity contribution in [3.05, 3.63) is 60.2 Å². The van der Waals surface area contributed by atoms with Crippen LogP contribution < -0.4 is 0 Å². The van der Waals surface area contributed by atoms with Crippen LogP contribution in [0.3, 0.4) is 0 Å². The number of hydrogen-bond acceptors (Lipinski definition) is 1. The summed E-state index contributed by atoms with van der Waals surface area (Å²) in [4.78, 5) is 0. The molecule has 0 unspecified atom stereocenters. The first-order valence-electron chi connectivity index (χ1n) is 6.41. The standard InChI is InChI=1S/C18H11N/c19-11-10-12-8-9-17-15-5-2-1-4-14(15)16-7-3-6-13(12)18(16)17/h1-9H,10H2. The summed E-state index contributed by atoms with van der Waals surface area (Å²) in [6, 6.07) is 21.4. The SMILES string of the molecule is N#CCc1ccc2c3c(cccc13)-c1ccccc1-2. The molecule has 0 spiro atoms. The Balaban J connectivity index is 2.17. The van der Waals surface area contributed by atoms with Crippen molar-refractivity contribution in [1.29, 1.82) is 5.26 Å². The fourth-order valence-corrected chi connectivity index (χ4v) is 3.11. The zero-order chi connectivity index (χ0) is 12.8. The number of rotatable bonds is 1. The Hall–Kier alpha value is -2.59. The normalized spacial score (nSPS) is 11.3. The van der Waals surface area contributed by atoms with Gasteiger partial charge in [0.05, 0.1) is 12.5 Å². The average Bonchev–Trinajstić information content (AvgIpc) is 2.79. The fourth-order valence-electron chi connectivity index (χ4n) is 3.11. The van der Waals surface area contributed by atoms with E-state index in [-0.39, 0.29) is 0 Å². The van der Waals surface area contributed by atoms with Crippen LogP contribution >= 0.6 is 0 Å². The zero-order valence-electron chi connectivity index (χ0n) is 10.4. The minimum atomic E-state index is 0.469. The summed E-state index contributed by atoms with van der Waals surface area (Å²) in [7, 11) is 0. The predicted molar refractivity (Wildman–Crippen MR) is 77.7 cm³/mol. The van der Waals surface area contributed by atoms with Gasteiger partial charge in [0.15, 0.2) is 0 Å². The lowest BCUT2D eigenvalue weighted by molar-refractivity contribution is 1.29. The van der Waals surface area contributed by atoms with Gasteiger partial charge in [-0.25, -0.2) is 0 Å². The lowest BCUT2D eigenvalue weighted by Gasteiger charge is -2.06. The summed E-state index contributed by atoms with van der Waals surface area (Å²) < 4.78 is 0. The second-order valence-corrected chi connectivity index (χ2v) is 4.88. The van der Waals surface area contributed by atoms with E-state index in [4.69, 9.17) is 5.26 Å². The highest BCUT2D eigenvalue weighted by molar-refractivity contribution is 6.15. The van der Waals surface area contributed by atoms with Crippen molar-refractivity contribution < 1.29 is 0 Å². The van der Waals surface area contributed by atoms with Gasteiger partial charge in [-0.3, -0.25) is 0 Å². The van der Waals surface area contributed by atoms with E-state index in [1.165, 1.54) is 33.0 Å². The van der Waals surface area contributed by atoms with Gasteiger partial charge in [-0.2, -0.15) is 5.26 Å². The van der Waals surface area contributed by atoms with E-state index in [9.17, 15) is 0 Å². The maximum atomic E-state index is 8.96. The van der Waals surface area contributed by atoms with Crippen LogP contribution in [-0.2, 0) is 6.42 Å². The Morgan fingerprint density at radius 1 is 0.737 bits per heavy atom. The predicted octanol–water partition coefficient (Wildman–Crippen LogP) is 4.55. The Morgan fingerprint density at radius 3 is 2.16 bits per heavy atom. The summed E-state index contributed by atoms with van der Waals surface area (Å²) in [5, 5.41) is 11.5. The molecule has 0 saturated heterocycles. The van der Waals surface area contributed by atoms with E-state index in [1.54, 1.807) is 0 Å². The quantitative estimate of drug-likeness (QED) is 0.479. The van der Waals surface area contributed by atoms with Crippen molar-refractivity contribution in [1.82, 2.24) is 0 Å². The highest BCUT2D eigenvalue weighted by atomic mass is 14.3. The maximum Gasteiger partial charge on any atom is 0.0669 e. The molecule has 4 rings (SSSR count). The molecule has 0 aromatic heterocycles. The van der Waals surface area contributed by atoms with E-state index in [2.05, 4.69) is 60.7 Å². The average molecular weight is 241 g/mol. The monoisotopic (exact) mass is 241 g/mol. The molecule has 1 nitrogen and oxygen atoms in total. The van der Waals surface area contributed by atoms with E-state index < -0.39 is 0 Å². The maximum absolute atomic E-state index is 8.96. The van der Waals surface area contributed by atoms with E-state index in [1.807, 2.05) is 0 Å². The number of hydrogen-bond donors (Lipinski definition) is 0. The van der Waals surface area contributed by atoms with Crippen molar-refractivity contribution in [3.8, 4) is 28.3 Å². The molecule has 0 fully saturated rings. The third kappa shape index (κ3) is 1.29. The first kappa shape index (κ1) is 10.3. The van der Waals surface area contributed by atoms with Gasteiger partial charge in [0.1, 0.15) is 0 Å². The molecule has 0 atom stereocenters. The largest absolute Gasteiger partial charge is 0.198 e. The highest BCUT2D eigenvalue weighted by Crippen LogP contribution is 2.47. The van der Waals surface area contributed by atoms with E-state index >= 15 is 0 Å². The molecule has 19 heavy (non-hydrogen) atoms.